The maximum Gasteiger partial charge on any atom is 0.0673 e. The van der Waals surface area contributed by atoms with Gasteiger partial charge in [0.05, 0.1) is 12.0 Å². The Morgan fingerprint density at radius 1 is 1.31 bits per heavy atom. The van der Waals surface area contributed by atoms with Gasteiger partial charge in [-0.15, -0.1) is 11.6 Å². The Bertz CT molecular complexity index is 371. The molecule has 2 atom stereocenters. The fourth-order valence-corrected chi connectivity index (χ4v) is 2.55. The van der Waals surface area contributed by atoms with E-state index in [1.54, 1.807) is 0 Å². The van der Waals surface area contributed by atoms with Crippen LogP contribution in [0.5, 0.6) is 0 Å². The number of hydrogen-bond acceptors (Lipinski definition) is 2. The molecule has 1 fully saturated rings. The summed E-state index contributed by atoms with van der Waals surface area (Å²) in [6, 6.07) is 12.7. The van der Waals surface area contributed by atoms with Crippen molar-refractivity contribution in [1.29, 1.82) is 5.26 Å². The molecule has 2 rings (SSSR count). The summed E-state index contributed by atoms with van der Waals surface area (Å²) in [5.41, 5.74) is 1.30. The average molecular weight is 235 g/mol. The smallest absolute Gasteiger partial charge is 0.0673 e. The van der Waals surface area contributed by atoms with E-state index >= 15 is 0 Å². The molecule has 0 spiro atoms. The number of nitrogens with zero attached hydrogens (tertiary/aromatic N) is 2. The molecule has 3 heteroatoms. The summed E-state index contributed by atoms with van der Waals surface area (Å²) < 4.78 is 0. The fourth-order valence-electron chi connectivity index (χ4n) is 2.23. The molecule has 0 amide bonds. The highest BCUT2D eigenvalue weighted by Gasteiger charge is 2.31. The first-order chi connectivity index (χ1) is 7.83. The van der Waals surface area contributed by atoms with Crippen molar-refractivity contribution in [3.05, 3.63) is 35.9 Å². The molecule has 16 heavy (non-hydrogen) atoms. The van der Waals surface area contributed by atoms with E-state index in [-0.39, 0.29) is 5.92 Å². The van der Waals surface area contributed by atoms with Crippen LogP contribution in [0, 0.1) is 23.2 Å². The van der Waals surface area contributed by atoms with Gasteiger partial charge in [0.15, 0.2) is 0 Å². The van der Waals surface area contributed by atoms with Crippen molar-refractivity contribution in [2.75, 3.05) is 19.0 Å². The summed E-state index contributed by atoms with van der Waals surface area (Å²) >= 11 is 5.87. The van der Waals surface area contributed by atoms with E-state index < -0.39 is 0 Å². The van der Waals surface area contributed by atoms with Gasteiger partial charge in [0.1, 0.15) is 0 Å². The van der Waals surface area contributed by atoms with E-state index in [1.807, 2.05) is 18.2 Å². The number of hydrogen-bond donors (Lipinski definition) is 0. The molecule has 84 valence electrons. The van der Waals surface area contributed by atoms with E-state index in [1.165, 1.54) is 5.56 Å². The van der Waals surface area contributed by atoms with Crippen LogP contribution >= 0.6 is 11.6 Å². The summed E-state index contributed by atoms with van der Waals surface area (Å²) in [5.74, 6) is 1.01. The first-order valence-electron chi connectivity index (χ1n) is 5.55. The average Bonchev–Trinajstić information content (AvgIpc) is 2.72. The van der Waals surface area contributed by atoms with E-state index in [4.69, 9.17) is 16.9 Å². The highest BCUT2D eigenvalue weighted by atomic mass is 35.5. The van der Waals surface area contributed by atoms with Gasteiger partial charge in [-0.1, -0.05) is 30.3 Å². The summed E-state index contributed by atoms with van der Waals surface area (Å²) in [6.07, 6.45) is 0. The second-order valence-electron chi connectivity index (χ2n) is 4.33. The Hall–Kier alpha value is -1.04. The quantitative estimate of drug-likeness (QED) is 0.752. The third kappa shape index (κ3) is 2.55. The molecule has 1 aromatic rings. The molecule has 0 unspecified atom stereocenters. The van der Waals surface area contributed by atoms with E-state index in [9.17, 15) is 0 Å². The Morgan fingerprint density at radius 3 is 2.62 bits per heavy atom. The predicted octanol–water partition coefficient (Wildman–Crippen LogP) is 2.50. The second-order valence-corrected chi connectivity index (χ2v) is 4.64. The molecule has 0 N–H and O–H groups in total. The zero-order valence-electron chi connectivity index (χ0n) is 9.14. The highest BCUT2D eigenvalue weighted by molar-refractivity contribution is 6.18. The van der Waals surface area contributed by atoms with Crippen LogP contribution in [0.25, 0.3) is 0 Å². The molecule has 1 aromatic carbocycles. The molecule has 2 nitrogen and oxygen atoms in total. The lowest BCUT2D eigenvalue weighted by Gasteiger charge is -2.14. The van der Waals surface area contributed by atoms with Crippen LogP contribution in [0.15, 0.2) is 30.3 Å². The van der Waals surface area contributed by atoms with Gasteiger partial charge < -0.3 is 0 Å². The second kappa shape index (κ2) is 5.34. The normalized spacial score (nSPS) is 25.5. The topological polar surface area (TPSA) is 27.0 Å². The third-order valence-corrected chi connectivity index (χ3v) is 3.53. The number of rotatable bonds is 3. The molecule has 0 aromatic heterocycles. The summed E-state index contributed by atoms with van der Waals surface area (Å²) in [5, 5.41) is 9.02. The van der Waals surface area contributed by atoms with Gasteiger partial charge in [-0.05, 0) is 5.56 Å². The maximum absolute atomic E-state index is 9.02. The Balaban J connectivity index is 1.96. The largest absolute Gasteiger partial charge is 0.297 e. The monoisotopic (exact) mass is 234 g/mol. The standard InChI is InChI=1S/C13H15ClN2/c14-6-12-9-16(10-13(12)7-15)8-11-4-2-1-3-5-11/h1-5,12-13H,6,8-10H2/t12-,13-/m1/s1. The summed E-state index contributed by atoms with van der Waals surface area (Å²) in [6.45, 7) is 2.71. The number of benzene rings is 1. The van der Waals surface area contributed by atoms with E-state index in [0.717, 1.165) is 19.6 Å². The molecular formula is C13H15ClN2. The van der Waals surface area contributed by atoms with Gasteiger partial charge in [0.2, 0.25) is 0 Å². The minimum atomic E-state index is 0.0983. The molecule has 1 heterocycles. The van der Waals surface area contributed by atoms with Gasteiger partial charge in [-0.25, -0.2) is 0 Å². The van der Waals surface area contributed by atoms with Crippen LogP contribution in [-0.2, 0) is 6.54 Å². The van der Waals surface area contributed by atoms with Crippen molar-refractivity contribution >= 4 is 11.6 Å². The van der Waals surface area contributed by atoms with Gasteiger partial charge in [-0.3, -0.25) is 4.90 Å². The van der Waals surface area contributed by atoms with Crippen molar-refractivity contribution in [2.24, 2.45) is 11.8 Å². The van der Waals surface area contributed by atoms with Gasteiger partial charge >= 0.3 is 0 Å². The van der Waals surface area contributed by atoms with Crippen molar-refractivity contribution in [1.82, 2.24) is 4.90 Å². The van der Waals surface area contributed by atoms with Crippen molar-refractivity contribution in [3.63, 3.8) is 0 Å². The van der Waals surface area contributed by atoms with Crippen LogP contribution in [0.3, 0.4) is 0 Å². The van der Waals surface area contributed by atoms with E-state index in [2.05, 4.69) is 23.1 Å². The lowest BCUT2D eigenvalue weighted by molar-refractivity contribution is 0.318. The Labute approximate surface area is 101 Å². The third-order valence-electron chi connectivity index (χ3n) is 3.13. The van der Waals surface area contributed by atoms with Crippen LogP contribution < -0.4 is 0 Å². The first-order valence-corrected chi connectivity index (χ1v) is 6.09. The van der Waals surface area contributed by atoms with Gasteiger partial charge in [-0.2, -0.15) is 5.26 Å². The summed E-state index contributed by atoms with van der Waals surface area (Å²) in [7, 11) is 0. The predicted molar refractivity (Wildman–Crippen MR) is 65.0 cm³/mol. The Morgan fingerprint density at radius 2 is 2.06 bits per heavy atom. The van der Waals surface area contributed by atoms with Crippen LogP contribution in [0.4, 0.5) is 0 Å². The minimum Gasteiger partial charge on any atom is -0.297 e. The minimum absolute atomic E-state index is 0.0983. The first kappa shape index (κ1) is 11.4. The lowest BCUT2D eigenvalue weighted by Crippen LogP contribution is -2.20. The molecule has 0 aliphatic carbocycles. The maximum atomic E-state index is 9.02. The molecule has 1 saturated heterocycles. The SMILES string of the molecule is N#C[C@@H]1CN(Cc2ccccc2)C[C@H]1CCl. The number of likely N-dealkylation sites (tertiary alicyclic amines) is 1. The molecule has 0 saturated carbocycles. The molecule has 0 bridgehead atoms. The summed E-state index contributed by atoms with van der Waals surface area (Å²) in [4.78, 5) is 2.32. The molecular weight excluding hydrogens is 220 g/mol. The number of halogens is 1. The van der Waals surface area contributed by atoms with Crippen molar-refractivity contribution < 1.29 is 0 Å². The lowest BCUT2D eigenvalue weighted by atomic mass is 10.0. The zero-order chi connectivity index (χ0) is 11.4. The van der Waals surface area contributed by atoms with Crippen molar-refractivity contribution in [3.8, 4) is 6.07 Å². The number of alkyl halides is 1. The van der Waals surface area contributed by atoms with Gasteiger partial charge in [0, 0.05) is 31.4 Å². The van der Waals surface area contributed by atoms with Crippen LogP contribution in [0.1, 0.15) is 5.56 Å². The van der Waals surface area contributed by atoms with Gasteiger partial charge in [0.25, 0.3) is 0 Å². The molecule has 0 radical (unpaired) electrons. The van der Waals surface area contributed by atoms with Crippen LogP contribution in [0.2, 0.25) is 0 Å². The molecule has 1 aliphatic rings. The van der Waals surface area contributed by atoms with Crippen molar-refractivity contribution in [2.45, 2.75) is 6.54 Å². The highest BCUT2D eigenvalue weighted by Crippen LogP contribution is 2.25. The Kier molecular flexibility index (Phi) is 3.82. The van der Waals surface area contributed by atoms with E-state index in [0.29, 0.717) is 11.8 Å². The fraction of sp³-hybridized carbons (Fsp3) is 0.462. The number of nitriles is 1. The molecule has 1 aliphatic heterocycles. The zero-order valence-corrected chi connectivity index (χ0v) is 9.90. The van der Waals surface area contributed by atoms with Crippen LogP contribution in [-0.4, -0.2) is 23.9 Å².